The number of benzene rings is 1. The summed E-state index contributed by atoms with van der Waals surface area (Å²) < 4.78 is 4.98. The standard InChI is InChI=1S/C20H31N3O2/c1-17-15-19(9-12-23(17)16-18-7-4-3-5-8-18)21(2)10-6-11-22-13-14-25-20(22)24/h3-5,7-8,17,19H,6,9-16H2,1-2H3/t17-,19+/m1/s1. The third-order valence-corrected chi connectivity index (χ3v) is 5.62. The number of nitrogens with zero attached hydrogens (tertiary/aromatic N) is 3. The molecule has 0 radical (unpaired) electrons. The van der Waals surface area contributed by atoms with Crippen LogP contribution in [0.5, 0.6) is 0 Å². The van der Waals surface area contributed by atoms with Crippen LogP contribution in [-0.2, 0) is 11.3 Å². The Morgan fingerprint density at radius 3 is 2.72 bits per heavy atom. The zero-order valence-corrected chi connectivity index (χ0v) is 15.6. The number of hydrogen-bond acceptors (Lipinski definition) is 4. The van der Waals surface area contributed by atoms with Gasteiger partial charge >= 0.3 is 6.09 Å². The number of cyclic esters (lactones) is 1. The summed E-state index contributed by atoms with van der Waals surface area (Å²) in [6.07, 6.45) is 3.31. The molecule has 138 valence electrons. The van der Waals surface area contributed by atoms with Gasteiger partial charge in [-0.15, -0.1) is 0 Å². The quantitative estimate of drug-likeness (QED) is 0.761. The molecule has 5 heteroatoms. The summed E-state index contributed by atoms with van der Waals surface area (Å²) >= 11 is 0. The minimum atomic E-state index is -0.148. The van der Waals surface area contributed by atoms with Gasteiger partial charge in [0, 0.05) is 31.7 Å². The second-order valence-corrected chi connectivity index (χ2v) is 7.42. The van der Waals surface area contributed by atoms with Gasteiger partial charge in [-0.1, -0.05) is 30.3 Å². The summed E-state index contributed by atoms with van der Waals surface area (Å²) in [4.78, 5) is 18.4. The Kier molecular flexibility index (Phi) is 6.32. The molecule has 0 aromatic heterocycles. The van der Waals surface area contributed by atoms with Crippen LogP contribution in [0.3, 0.4) is 0 Å². The minimum absolute atomic E-state index is 0.148. The lowest BCUT2D eigenvalue weighted by Gasteiger charge is -2.41. The normalized spacial score (nSPS) is 24.8. The molecule has 2 aliphatic rings. The van der Waals surface area contributed by atoms with Gasteiger partial charge < -0.3 is 14.5 Å². The van der Waals surface area contributed by atoms with Gasteiger partial charge in [0.1, 0.15) is 6.61 Å². The summed E-state index contributed by atoms with van der Waals surface area (Å²) in [5.74, 6) is 0. The molecule has 2 aliphatic heterocycles. The predicted molar refractivity (Wildman–Crippen MR) is 99.5 cm³/mol. The Hall–Kier alpha value is -1.59. The van der Waals surface area contributed by atoms with E-state index in [0.717, 1.165) is 39.1 Å². The fourth-order valence-corrected chi connectivity index (χ4v) is 3.97. The maximum Gasteiger partial charge on any atom is 0.409 e. The molecule has 2 atom stereocenters. The van der Waals surface area contributed by atoms with Crippen molar-refractivity contribution in [3.8, 4) is 0 Å². The van der Waals surface area contributed by atoms with Crippen molar-refractivity contribution in [1.29, 1.82) is 0 Å². The van der Waals surface area contributed by atoms with Gasteiger partial charge in [-0.2, -0.15) is 0 Å². The van der Waals surface area contributed by atoms with E-state index < -0.39 is 0 Å². The Morgan fingerprint density at radius 1 is 1.24 bits per heavy atom. The molecule has 3 rings (SSSR count). The Bertz CT molecular complexity index is 551. The van der Waals surface area contributed by atoms with Crippen LogP contribution in [0.2, 0.25) is 0 Å². The molecule has 5 nitrogen and oxygen atoms in total. The highest BCUT2D eigenvalue weighted by Gasteiger charge is 2.28. The van der Waals surface area contributed by atoms with E-state index in [4.69, 9.17) is 4.74 Å². The van der Waals surface area contributed by atoms with Crippen LogP contribution in [0.25, 0.3) is 0 Å². The monoisotopic (exact) mass is 345 g/mol. The van der Waals surface area contributed by atoms with Crippen LogP contribution in [0, 0.1) is 0 Å². The number of carbonyl (C=O) groups is 1. The second-order valence-electron chi connectivity index (χ2n) is 7.42. The molecule has 0 bridgehead atoms. The summed E-state index contributed by atoms with van der Waals surface area (Å²) in [7, 11) is 2.23. The summed E-state index contributed by atoms with van der Waals surface area (Å²) in [5, 5.41) is 0. The second kappa shape index (κ2) is 8.68. The summed E-state index contributed by atoms with van der Waals surface area (Å²) in [6, 6.07) is 12.0. The third kappa shape index (κ3) is 4.95. The van der Waals surface area contributed by atoms with Crippen molar-refractivity contribution in [2.24, 2.45) is 0 Å². The smallest absolute Gasteiger partial charge is 0.409 e. The van der Waals surface area contributed by atoms with Crippen molar-refractivity contribution in [3.63, 3.8) is 0 Å². The zero-order valence-electron chi connectivity index (χ0n) is 15.6. The lowest BCUT2D eigenvalue weighted by Crippen LogP contribution is -2.48. The van der Waals surface area contributed by atoms with E-state index in [1.807, 2.05) is 4.90 Å². The first-order chi connectivity index (χ1) is 12.1. The predicted octanol–water partition coefficient (Wildman–Crippen LogP) is 2.81. The molecule has 2 heterocycles. The fourth-order valence-electron chi connectivity index (χ4n) is 3.97. The van der Waals surface area contributed by atoms with E-state index in [-0.39, 0.29) is 6.09 Å². The molecule has 25 heavy (non-hydrogen) atoms. The van der Waals surface area contributed by atoms with E-state index in [9.17, 15) is 4.79 Å². The molecule has 0 unspecified atom stereocenters. The topological polar surface area (TPSA) is 36.0 Å². The van der Waals surface area contributed by atoms with Crippen LogP contribution in [0.15, 0.2) is 30.3 Å². The highest BCUT2D eigenvalue weighted by molar-refractivity contribution is 5.69. The van der Waals surface area contributed by atoms with Crippen molar-refractivity contribution in [3.05, 3.63) is 35.9 Å². The number of amides is 1. The Morgan fingerprint density at radius 2 is 2.04 bits per heavy atom. The van der Waals surface area contributed by atoms with Crippen molar-refractivity contribution < 1.29 is 9.53 Å². The van der Waals surface area contributed by atoms with E-state index in [2.05, 4.69) is 54.1 Å². The Labute approximate surface area is 151 Å². The van der Waals surface area contributed by atoms with Gasteiger partial charge in [0.2, 0.25) is 0 Å². The van der Waals surface area contributed by atoms with E-state index in [1.165, 1.54) is 18.4 Å². The number of piperidine rings is 1. The van der Waals surface area contributed by atoms with Crippen molar-refractivity contribution >= 4 is 6.09 Å². The highest BCUT2D eigenvalue weighted by atomic mass is 16.6. The third-order valence-electron chi connectivity index (χ3n) is 5.62. The first-order valence-corrected chi connectivity index (χ1v) is 9.53. The molecule has 0 spiro atoms. The summed E-state index contributed by atoms with van der Waals surface area (Å²) in [6.45, 7) is 7.71. The SMILES string of the molecule is C[C@@H]1C[C@@H](N(C)CCCN2CCOC2=O)CCN1Cc1ccccc1. The molecule has 2 fully saturated rings. The number of rotatable bonds is 7. The van der Waals surface area contributed by atoms with Crippen molar-refractivity contribution in [1.82, 2.24) is 14.7 Å². The lowest BCUT2D eigenvalue weighted by atomic mass is 9.96. The summed E-state index contributed by atoms with van der Waals surface area (Å²) in [5.41, 5.74) is 1.40. The van der Waals surface area contributed by atoms with E-state index >= 15 is 0 Å². The van der Waals surface area contributed by atoms with Crippen LogP contribution in [-0.4, -0.2) is 72.7 Å². The molecule has 0 N–H and O–H groups in total. The van der Waals surface area contributed by atoms with Crippen LogP contribution in [0.4, 0.5) is 4.79 Å². The van der Waals surface area contributed by atoms with E-state index in [1.54, 1.807) is 0 Å². The molecule has 2 saturated heterocycles. The maximum atomic E-state index is 11.5. The number of ether oxygens (including phenoxy) is 1. The van der Waals surface area contributed by atoms with Crippen molar-refractivity contribution in [2.45, 2.75) is 44.8 Å². The minimum Gasteiger partial charge on any atom is -0.448 e. The van der Waals surface area contributed by atoms with Crippen LogP contribution >= 0.6 is 0 Å². The molecule has 1 aromatic rings. The molecular formula is C20H31N3O2. The molecular weight excluding hydrogens is 314 g/mol. The van der Waals surface area contributed by atoms with Crippen molar-refractivity contribution in [2.75, 3.05) is 39.8 Å². The number of likely N-dealkylation sites (tertiary alicyclic amines) is 1. The average Bonchev–Trinajstić information content (AvgIpc) is 3.02. The van der Waals surface area contributed by atoms with Gasteiger partial charge in [0.25, 0.3) is 0 Å². The lowest BCUT2D eigenvalue weighted by molar-refractivity contribution is 0.0788. The first-order valence-electron chi connectivity index (χ1n) is 9.53. The van der Waals surface area contributed by atoms with Gasteiger partial charge in [0.15, 0.2) is 0 Å². The van der Waals surface area contributed by atoms with Crippen LogP contribution in [0.1, 0.15) is 31.7 Å². The highest BCUT2D eigenvalue weighted by Crippen LogP contribution is 2.23. The maximum absolute atomic E-state index is 11.5. The fraction of sp³-hybridized carbons (Fsp3) is 0.650. The first kappa shape index (κ1) is 18.2. The Balaban J connectivity index is 1.40. The molecule has 1 aromatic carbocycles. The van der Waals surface area contributed by atoms with Gasteiger partial charge in [-0.25, -0.2) is 4.79 Å². The largest absolute Gasteiger partial charge is 0.448 e. The van der Waals surface area contributed by atoms with E-state index in [0.29, 0.717) is 18.7 Å². The van der Waals surface area contributed by atoms with Gasteiger partial charge in [0.05, 0.1) is 6.54 Å². The van der Waals surface area contributed by atoms with Crippen LogP contribution < -0.4 is 0 Å². The van der Waals surface area contributed by atoms with Gasteiger partial charge in [-0.3, -0.25) is 4.90 Å². The molecule has 0 saturated carbocycles. The molecule has 1 amide bonds. The average molecular weight is 345 g/mol. The van der Waals surface area contributed by atoms with Gasteiger partial charge in [-0.05, 0) is 45.3 Å². The molecule has 0 aliphatic carbocycles. The number of hydrogen-bond donors (Lipinski definition) is 0. The zero-order chi connectivity index (χ0) is 17.6. The number of carbonyl (C=O) groups excluding carboxylic acids is 1.